The summed E-state index contributed by atoms with van der Waals surface area (Å²) in [6, 6.07) is 27.6. The molecule has 2 aliphatic heterocycles. The zero-order chi connectivity index (χ0) is 27.2. The number of esters is 1. The van der Waals surface area contributed by atoms with Gasteiger partial charge in [0, 0.05) is 11.6 Å². The number of alkyl halides is 1. The molecule has 0 unspecified atom stereocenters. The summed E-state index contributed by atoms with van der Waals surface area (Å²) in [4.78, 5) is 41.3. The maximum atomic E-state index is 13.8. The van der Waals surface area contributed by atoms with E-state index in [2.05, 4.69) is 5.32 Å². The highest BCUT2D eigenvalue weighted by Crippen LogP contribution is 2.42. The molecule has 0 spiro atoms. The summed E-state index contributed by atoms with van der Waals surface area (Å²) in [5, 5.41) is 2.46. The number of carbonyl (C=O) groups is 3. The number of carbonyl (C=O) groups excluding carboxylic acids is 3. The van der Waals surface area contributed by atoms with E-state index < -0.39 is 23.5 Å². The van der Waals surface area contributed by atoms with Crippen molar-refractivity contribution in [3.05, 3.63) is 131 Å². The van der Waals surface area contributed by atoms with Crippen molar-refractivity contribution in [2.45, 2.75) is 23.9 Å². The van der Waals surface area contributed by atoms with Crippen LogP contribution in [-0.4, -0.2) is 45.7 Å². The predicted octanol–water partition coefficient (Wildman–Crippen LogP) is 5.01. The molecule has 3 aromatic rings. The van der Waals surface area contributed by atoms with Crippen molar-refractivity contribution in [3.8, 4) is 0 Å². The van der Waals surface area contributed by atoms with E-state index in [0.717, 1.165) is 16.7 Å². The van der Waals surface area contributed by atoms with Gasteiger partial charge in [0.15, 0.2) is 6.10 Å². The second-order valence-electron chi connectivity index (χ2n) is 9.15. The molecule has 0 radical (unpaired) electrons. The second-order valence-corrected chi connectivity index (χ2v) is 10.6. The summed E-state index contributed by atoms with van der Waals surface area (Å²) < 4.78 is 6.11. The van der Waals surface area contributed by atoms with Crippen LogP contribution in [0.1, 0.15) is 22.8 Å². The first-order chi connectivity index (χ1) is 19.1. The predicted molar refractivity (Wildman–Crippen MR) is 153 cm³/mol. The normalized spacial score (nSPS) is 18.6. The second kappa shape index (κ2) is 12.4. The van der Waals surface area contributed by atoms with Gasteiger partial charge in [-0.2, -0.15) is 0 Å². The number of nitrogens with zero attached hydrogens (tertiary/aromatic N) is 1. The van der Waals surface area contributed by atoms with Crippen LogP contribution in [0.4, 0.5) is 0 Å². The maximum absolute atomic E-state index is 13.8. The van der Waals surface area contributed by atoms with E-state index in [9.17, 15) is 14.4 Å². The molecule has 2 aliphatic rings. The monoisotopic (exact) mass is 558 g/mol. The molecule has 0 bridgehead atoms. The van der Waals surface area contributed by atoms with E-state index in [4.69, 9.17) is 16.3 Å². The maximum Gasteiger partial charge on any atom is 0.356 e. The van der Waals surface area contributed by atoms with E-state index in [1.165, 1.54) is 16.7 Å². The number of allylic oxidation sites excluding steroid dienone is 2. The first-order valence-corrected chi connectivity index (χ1v) is 14.2. The first kappa shape index (κ1) is 26.8. The molecular weight excluding hydrogens is 532 g/mol. The summed E-state index contributed by atoms with van der Waals surface area (Å²) in [7, 11) is 0. The van der Waals surface area contributed by atoms with Crippen molar-refractivity contribution in [2.75, 3.05) is 11.6 Å². The molecule has 0 aliphatic carbocycles. The van der Waals surface area contributed by atoms with Gasteiger partial charge in [-0.3, -0.25) is 14.5 Å². The lowest BCUT2D eigenvalue weighted by Gasteiger charge is -2.49. The Hall–Kier alpha value is -3.81. The number of fused-ring (bicyclic) bond motifs is 1. The van der Waals surface area contributed by atoms with E-state index in [1.807, 2.05) is 91.0 Å². The minimum Gasteiger partial charge on any atom is -0.448 e. The molecule has 5 rings (SSSR count). The average molecular weight is 559 g/mol. The van der Waals surface area contributed by atoms with Crippen LogP contribution in [0.15, 0.2) is 114 Å². The number of nitrogens with one attached hydrogen (secondary N) is 1. The fourth-order valence-corrected chi connectivity index (χ4v) is 6.11. The van der Waals surface area contributed by atoms with Gasteiger partial charge in [0.05, 0.1) is 6.42 Å². The molecule has 3 aromatic carbocycles. The molecule has 2 heterocycles. The van der Waals surface area contributed by atoms with Gasteiger partial charge in [0.25, 0.3) is 5.91 Å². The van der Waals surface area contributed by atoms with Crippen molar-refractivity contribution in [1.29, 1.82) is 0 Å². The highest BCUT2D eigenvalue weighted by molar-refractivity contribution is 8.00. The van der Waals surface area contributed by atoms with E-state index >= 15 is 0 Å². The van der Waals surface area contributed by atoms with Crippen molar-refractivity contribution >= 4 is 41.1 Å². The van der Waals surface area contributed by atoms with Crippen LogP contribution in [0.25, 0.3) is 0 Å². The lowest BCUT2D eigenvalue weighted by atomic mass is 10.00. The van der Waals surface area contributed by atoms with Crippen molar-refractivity contribution in [3.63, 3.8) is 0 Å². The van der Waals surface area contributed by atoms with Crippen LogP contribution in [0.2, 0.25) is 0 Å². The van der Waals surface area contributed by atoms with Crippen LogP contribution in [0.5, 0.6) is 0 Å². The fourth-order valence-electron chi connectivity index (χ4n) is 4.70. The van der Waals surface area contributed by atoms with Crippen LogP contribution < -0.4 is 5.32 Å². The minimum absolute atomic E-state index is 0.173. The van der Waals surface area contributed by atoms with Gasteiger partial charge < -0.3 is 10.1 Å². The van der Waals surface area contributed by atoms with E-state index in [1.54, 1.807) is 12.2 Å². The number of rotatable bonds is 9. The van der Waals surface area contributed by atoms with Gasteiger partial charge >= 0.3 is 5.97 Å². The Morgan fingerprint density at radius 3 is 2.15 bits per heavy atom. The first-order valence-electron chi connectivity index (χ1n) is 12.6. The Balaban J connectivity index is 1.39. The Labute approximate surface area is 236 Å². The molecule has 39 heavy (non-hydrogen) atoms. The Bertz CT molecular complexity index is 1360. The number of ether oxygens (including phenoxy) is 1. The minimum atomic E-state index is -0.716. The Morgan fingerprint density at radius 1 is 0.974 bits per heavy atom. The van der Waals surface area contributed by atoms with Crippen molar-refractivity contribution in [1.82, 2.24) is 10.2 Å². The standard InChI is InChI=1S/C31H27ClN2O4S/c32-18-10-17-24-20-39-30-26(33-25(35)19-21-11-4-1-5-12-21)29(36)34(30)27(24)31(37)38-28(22-13-6-2-7-14-22)23-15-8-3-9-16-23/h1-17,26,28,30H,18-20H2,(H,33,35)/t26-,30+/m1/s1. The van der Waals surface area contributed by atoms with Crippen LogP contribution in [-0.2, 0) is 25.5 Å². The quantitative estimate of drug-likeness (QED) is 0.227. The topological polar surface area (TPSA) is 75.7 Å². The zero-order valence-electron chi connectivity index (χ0n) is 21.0. The summed E-state index contributed by atoms with van der Waals surface area (Å²) in [6.45, 7) is 0. The summed E-state index contributed by atoms with van der Waals surface area (Å²) in [6.07, 6.45) is 3.02. The molecule has 6 nitrogen and oxygen atoms in total. The molecule has 0 aromatic heterocycles. The van der Waals surface area contributed by atoms with Gasteiger partial charge in [-0.05, 0) is 22.3 Å². The molecule has 2 atom stereocenters. The number of β-lactam (4-membered cyclic amide) rings is 1. The number of thioether (sulfide) groups is 1. The van der Waals surface area contributed by atoms with Crippen molar-refractivity contribution in [2.24, 2.45) is 0 Å². The third-order valence-corrected chi connectivity index (χ3v) is 8.03. The molecule has 2 amide bonds. The molecule has 0 saturated carbocycles. The molecule has 1 N–H and O–H groups in total. The summed E-state index contributed by atoms with van der Waals surface area (Å²) in [5.74, 6) is -0.446. The molecular formula is C31H27ClN2O4S. The third-order valence-electron chi connectivity index (χ3n) is 6.55. The molecule has 8 heteroatoms. The molecule has 1 fully saturated rings. The summed E-state index contributed by atoms with van der Waals surface area (Å²) >= 11 is 7.38. The van der Waals surface area contributed by atoms with Gasteiger partial charge in [-0.25, -0.2) is 4.79 Å². The van der Waals surface area contributed by atoms with Crippen LogP contribution in [0.3, 0.4) is 0 Å². The fraction of sp³-hybridized carbons (Fsp3) is 0.194. The van der Waals surface area contributed by atoms with E-state index in [0.29, 0.717) is 11.3 Å². The Morgan fingerprint density at radius 2 is 1.56 bits per heavy atom. The lowest BCUT2D eigenvalue weighted by molar-refractivity contribution is -0.154. The largest absolute Gasteiger partial charge is 0.448 e. The Kier molecular flexibility index (Phi) is 8.49. The molecule has 1 saturated heterocycles. The average Bonchev–Trinajstić information content (AvgIpc) is 2.98. The van der Waals surface area contributed by atoms with Crippen LogP contribution >= 0.6 is 23.4 Å². The highest BCUT2D eigenvalue weighted by atomic mass is 35.5. The van der Waals surface area contributed by atoms with Gasteiger partial charge in [-0.1, -0.05) is 103 Å². The van der Waals surface area contributed by atoms with Gasteiger partial charge in [-0.15, -0.1) is 23.4 Å². The SMILES string of the molecule is O=C(Cc1ccccc1)N[C@@H]1C(=O)N2C(C(=O)OC(c3ccccc3)c3ccccc3)=C(C=CCCl)CS[C@@H]12. The lowest BCUT2D eigenvalue weighted by Crippen LogP contribution is -2.70. The number of amides is 2. The smallest absolute Gasteiger partial charge is 0.356 e. The number of hydrogen-bond acceptors (Lipinski definition) is 5. The highest BCUT2D eigenvalue weighted by Gasteiger charge is 2.54. The van der Waals surface area contributed by atoms with Crippen LogP contribution in [0, 0.1) is 0 Å². The third kappa shape index (κ3) is 5.95. The zero-order valence-corrected chi connectivity index (χ0v) is 22.6. The van der Waals surface area contributed by atoms with Gasteiger partial charge in [0.2, 0.25) is 5.91 Å². The van der Waals surface area contributed by atoms with E-state index in [-0.39, 0.29) is 29.8 Å². The molecule has 198 valence electrons. The number of halogens is 1. The summed E-state index contributed by atoms with van der Waals surface area (Å²) in [5.41, 5.74) is 3.34. The van der Waals surface area contributed by atoms with Gasteiger partial charge in [0.1, 0.15) is 17.1 Å². The number of hydrogen-bond donors (Lipinski definition) is 1. The number of benzene rings is 3. The van der Waals surface area contributed by atoms with Crippen molar-refractivity contribution < 1.29 is 19.1 Å².